The maximum absolute atomic E-state index is 4.76. The lowest BCUT2D eigenvalue weighted by Gasteiger charge is -2.26. The van der Waals surface area contributed by atoms with Crippen molar-refractivity contribution < 1.29 is 0 Å². The standard InChI is InChI=1S/C53H37N3/c1-5-13-38(14-6-1)40-21-28-46(29-22-40)55(47-30-23-41(24-31-47)39-15-7-2-8-16-39)48-32-25-42(26-33-48)44-27-34-52-49(35-44)51-37-54-36-50(43-17-9-3-10-18-43)53(51)56(52)45-19-11-4-12-20-45/h1-37H. The van der Waals surface area contributed by atoms with E-state index in [-0.39, 0.29) is 0 Å². The van der Waals surface area contributed by atoms with E-state index in [0.717, 1.165) is 61.4 Å². The predicted octanol–water partition coefficient (Wildman–Crippen LogP) is 14.3. The van der Waals surface area contributed by atoms with Crippen molar-refractivity contribution in [2.75, 3.05) is 4.90 Å². The Labute approximate surface area is 327 Å². The number of benzene rings is 8. The highest BCUT2D eigenvalue weighted by Gasteiger charge is 2.19. The summed E-state index contributed by atoms with van der Waals surface area (Å²) < 4.78 is 2.38. The molecule has 56 heavy (non-hydrogen) atoms. The van der Waals surface area contributed by atoms with E-state index in [1.54, 1.807) is 0 Å². The lowest BCUT2D eigenvalue weighted by molar-refractivity contribution is 1.18. The fourth-order valence-electron chi connectivity index (χ4n) is 7.93. The van der Waals surface area contributed by atoms with Crippen LogP contribution in [0.25, 0.3) is 72.0 Å². The average Bonchev–Trinajstić information content (AvgIpc) is 3.62. The average molecular weight is 716 g/mol. The lowest BCUT2D eigenvalue weighted by atomic mass is 10.0. The first kappa shape index (κ1) is 33.1. The van der Waals surface area contributed by atoms with E-state index in [2.05, 4.69) is 222 Å². The zero-order chi connectivity index (χ0) is 37.3. The highest BCUT2D eigenvalue weighted by atomic mass is 15.1. The van der Waals surface area contributed by atoms with Gasteiger partial charge in [-0.05, 0) is 99.6 Å². The molecule has 8 aromatic carbocycles. The quantitative estimate of drug-likeness (QED) is 0.156. The molecule has 0 aliphatic heterocycles. The maximum atomic E-state index is 4.76. The van der Waals surface area contributed by atoms with Crippen LogP contribution < -0.4 is 4.90 Å². The van der Waals surface area contributed by atoms with Crippen molar-refractivity contribution >= 4 is 38.9 Å². The molecule has 0 aliphatic rings. The van der Waals surface area contributed by atoms with Gasteiger partial charge in [-0.1, -0.05) is 152 Å². The third-order valence-electron chi connectivity index (χ3n) is 10.7. The number of fused-ring (bicyclic) bond motifs is 3. The van der Waals surface area contributed by atoms with Crippen LogP contribution in [0.15, 0.2) is 225 Å². The molecular formula is C53H37N3. The largest absolute Gasteiger partial charge is 0.311 e. The van der Waals surface area contributed by atoms with E-state index < -0.39 is 0 Å². The van der Waals surface area contributed by atoms with Crippen molar-refractivity contribution in [2.24, 2.45) is 0 Å². The number of pyridine rings is 1. The van der Waals surface area contributed by atoms with Gasteiger partial charge in [-0.3, -0.25) is 4.98 Å². The number of aromatic nitrogens is 2. The molecule has 10 rings (SSSR count). The summed E-state index contributed by atoms with van der Waals surface area (Å²) in [5.74, 6) is 0. The van der Waals surface area contributed by atoms with Crippen molar-refractivity contribution in [3.63, 3.8) is 0 Å². The van der Waals surface area contributed by atoms with E-state index in [4.69, 9.17) is 4.98 Å². The fraction of sp³-hybridized carbons (Fsp3) is 0. The third-order valence-corrected chi connectivity index (χ3v) is 10.7. The van der Waals surface area contributed by atoms with Crippen molar-refractivity contribution in [3.05, 3.63) is 225 Å². The third kappa shape index (κ3) is 6.12. The normalized spacial score (nSPS) is 11.2. The monoisotopic (exact) mass is 715 g/mol. The van der Waals surface area contributed by atoms with E-state index in [1.807, 2.05) is 12.4 Å². The molecule has 0 atom stereocenters. The Bertz CT molecular complexity index is 2820. The van der Waals surface area contributed by atoms with E-state index in [9.17, 15) is 0 Å². The summed E-state index contributed by atoms with van der Waals surface area (Å²) in [5, 5.41) is 2.31. The van der Waals surface area contributed by atoms with Gasteiger partial charge in [0, 0.05) is 51.5 Å². The van der Waals surface area contributed by atoms with Crippen LogP contribution in [0.5, 0.6) is 0 Å². The first-order valence-corrected chi connectivity index (χ1v) is 19.0. The molecule has 0 unspecified atom stereocenters. The molecule has 0 amide bonds. The number of para-hydroxylation sites is 1. The second-order valence-electron chi connectivity index (χ2n) is 14.1. The molecule has 0 fully saturated rings. The molecule has 10 aromatic rings. The zero-order valence-electron chi connectivity index (χ0n) is 30.7. The van der Waals surface area contributed by atoms with Crippen molar-refractivity contribution in [1.82, 2.24) is 9.55 Å². The van der Waals surface area contributed by atoms with Crippen LogP contribution in [-0.4, -0.2) is 9.55 Å². The highest BCUT2D eigenvalue weighted by molar-refractivity contribution is 6.14. The van der Waals surface area contributed by atoms with Crippen LogP contribution in [0.4, 0.5) is 17.1 Å². The Balaban J connectivity index is 1.06. The number of hydrogen-bond acceptors (Lipinski definition) is 2. The van der Waals surface area contributed by atoms with E-state index in [0.29, 0.717) is 0 Å². The minimum atomic E-state index is 1.09. The molecule has 3 heteroatoms. The number of rotatable bonds is 8. The molecule has 0 saturated heterocycles. The van der Waals surface area contributed by atoms with Gasteiger partial charge in [0.1, 0.15) is 0 Å². The molecule has 2 heterocycles. The van der Waals surface area contributed by atoms with Gasteiger partial charge in [0.05, 0.1) is 11.0 Å². The Kier molecular flexibility index (Phi) is 8.51. The van der Waals surface area contributed by atoms with Crippen molar-refractivity contribution in [2.45, 2.75) is 0 Å². The second-order valence-corrected chi connectivity index (χ2v) is 14.1. The van der Waals surface area contributed by atoms with Crippen LogP contribution in [0.3, 0.4) is 0 Å². The number of anilines is 3. The van der Waals surface area contributed by atoms with Crippen LogP contribution in [0, 0.1) is 0 Å². The first-order valence-electron chi connectivity index (χ1n) is 19.0. The second kappa shape index (κ2) is 14.4. The molecule has 3 nitrogen and oxygen atoms in total. The van der Waals surface area contributed by atoms with Gasteiger partial charge in [-0.15, -0.1) is 0 Å². The summed E-state index contributed by atoms with van der Waals surface area (Å²) in [7, 11) is 0. The van der Waals surface area contributed by atoms with Crippen LogP contribution >= 0.6 is 0 Å². The first-order chi connectivity index (χ1) is 27.8. The zero-order valence-corrected chi connectivity index (χ0v) is 30.7. The molecule has 264 valence electrons. The van der Waals surface area contributed by atoms with E-state index >= 15 is 0 Å². The number of nitrogens with zero attached hydrogens (tertiary/aromatic N) is 3. The molecule has 0 spiro atoms. The van der Waals surface area contributed by atoms with Gasteiger partial charge in [0.15, 0.2) is 0 Å². The van der Waals surface area contributed by atoms with Crippen molar-refractivity contribution in [1.29, 1.82) is 0 Å². The van der Waals surface area contributed by atoms with Gasteiger partial charge in [0.2, 0.25) is 0 Å². The summed E-state index contributed by atoms with van der Waals surface area (Å²) in [5.41, 5.74) is 16.1. The van der Waals surface area contributed by atoms with Gasteiger partial charge in [0.25, 0.3) is 0 Å². The van der Waals surface area contributed by atoms with Gasteiger partial charge in [-0.25, -0.2) is 0 Å². The topological polar surface area (TPSA) is 21.1 Å². The summed E-state index contributed by atoms with van der Waals surface area (Å²) in [6.07, 6.45) is 4.01. The van der Waals surface area contributed by atoms with Gasteiger partial charge < -0.3 is 9.47 Å². The Morgan fingerprint density at radius 1 is 0.339 bits per heavy atom. The molecule has 0 saturated carbocycles. The Hall–Kier alpha value is -7.49. The summed E-state index contributed by atoms with van der Waals surface area (Å²) >= 11 is 0. The predicted molar refractivity (Wildman–Crippen MR) is 235 cm³/mol. The van der Waals surface area contributed by atoms with E-state index in [1.165, 1.54) is 27.6 Å². The summed E-state index contributed by atoms with van der Waals surface area (Å²) in [6.45, 7) is 0. The Morgan fingerprint density at radius 2 is 0.750 bits per heavy atom. The molecular weight excluding hydrogens is 679 g/mol. The SMILES string of the molecule is c1ccc(-c2ccc(N(c3ccc(-c4ccccc4)cc3)c3ccc(-c4ccc5c(c4)c4cncc(-c6ccccc6)c4n5-c4ccccc4)cc3)cc2)cc1. The molecule has 0 bridgehead atoms. The fourth-order valence-corrected chi connectivity index (χ4v) is 7.93. The minimum Gasteiger partial charge on any atom is -0.311 e. The maximum Gasteiger partial charge on any atom is 0.0650 e. The van der Waals surface area contributed by atoms with Crippen molar-refractivity contribution in [3.8, 4) is 50.2 Å². The molecule has 2 aromatic heterocycles. The molecule has 0 radical (unpaired) electrons. The number of hydrogen-bond donors (Lipinski definition) is 0. The lowest BCUT2D eigenvalue weighted by Crippen LogP contribution is -2.09. The molecule has 0 N–H and O–H groups in total. The van der Waals surface area contributed by atoms with Crippen LogP contribution in [-0.2, 0) is 0 Å². The molecule has 0 aliphatic carbocycles. The highest BCUT2D eigenvalue weighted by Crippen LogP contribution is 2.41. The summed E-state index contributed by atoms with van der Waals surface area (Å²) in [4.78, 5) is 7.10. The van der Waals surface area contributed by atoms with Crippen LogP contribution in [0.1, 0.15) is 0 Å². The smallest absolute Gasteiger partial charge is 0.0650 e. The summed E-state index contributed by atoms with van der Waals surface area (Å²) in [6, 6.07) is 75.8. The Morgan fingerprint density at radius 3 is 1.25 bits per heavy atom. The van der Waals surface area contributed by atoms with Gasteiger partial charge in [-0.2, -0.15) is 0 Å². The minimum absolute atomic E-state index is 1.09. The van der Waals surface area contributed by atoms with Gasteiger partial charge >= 0.3 is 0 Å². The van der Waals surface area contributed by atoms with Crippen LogP contribution in [0.2, 0.25) is 0 Å².